The van der Waals surface area contributed by atoms with E-state index in [2.05, 4.69) is 22.8 Å². The maximum atomic E-state index is 12.3. The summed E-state index contributed by atoms with van der Waals surface area (Å²) in [5.74, 6) is -0.881. The number of hydrogen-bond donors (Lipinski definition) is 3. The number of nitrogens with one attached hydrogen (secondary N) is 2. The molecule has 0 aromatic heterocycles. The molecule has 0 heterocycles. The highest BCUT2D eigenvalue weighted by Crippen LogP contribution is 2.43. The first-order chi connectivity index (χ1) is 13.6. The highest BCUT2D eigenvalue weighted by molar-refractivity contribution is 5.96. The molecular weight excluding hydrogens is 356 g/mol. The van der Waals surface area contributed by atoms with E-state index in [-0.39, 0.29) is 24.5 Å². The highest BCUT2D eigenvalue weighted by Gasteiger charge is 2.38. The number of amides is 1. The summed E-state index contributed by atoms with van der Waals surface area (Å²) < 4.78 is 5.18. The van der Waals surface area contributed by atoms with E-state index in [9.17, 15) is 9.59 Å². The fourth-order valence-corrected chi connectivity index (χ4v) is 3.50. The van der Waals surface area contributed by atoms with Gasteiger partial charge in [0, 0.05) is 24.2 Å². The van der Waals surface area contributed by atoms with Crippen molar-refractivity contribution in [1.29, 1.82) is 0 Å². The second-order valence-corrected chi connectivity index (χ2v) is 7.05. The predicted molar refractivity (Wildman–Crippen MR) is 107 cm³/mol. The van der Waals surface area contributed by atoms with Gasteiger partial charge in [0.05, 0.1) is 12.2 Å². The number of carbonyl (C=O) groups excluding carboxylic acids is 2. The van der Waals surface area contributed by atoms with E-state index in [4.69, 9.17) is 9.84 Å². The molecule has 0 aliphatic heterocycles. The maximum absolute atomic E-state index is 12.3. The van der Waals surface area contributed by atoms with Gasteiger partial charge in [-0.1, -0.05) is 48.9 Å². The summed E-state index contributed by atoms with van der Waals surface area (Å²) in [6.45, 7) is 0.501. The number of benzene rings is 2. The number of esters is 1. The van der Waals surface area contributed by atoms with E-state index in [1.807, 2.05) is 18.2 Å². The summed E-state index contributed by atoms with van der Waals surface area (Å²) in [4.78, 5) is 24.5. The minimum absolute atomic E-state index is 0.0122. The third-order valence-corrected chi connectivity index (χ3v) is 5.23. The van der Waals surface area contributed by atoms with Crippen molar-refractivity contribution in [2.24, 2.45) is 0 Å². The Hall–Kier alpha value is -2.86. The quantitative estimate of drug-likeness (QED) is 0.580. The smallest absolute Gasteiger partial charge is 0.340 e. The van der Waals surface area contributed by atoms with Crippen molar-refractivity contribution < 1.29 is 19.4 Å². The van der Waals surface area contributed by atoms with Crippen LogP contribution < -0.4 is 10.6 Å². The van der Waals surface area contributed by atoms with Crippen LogP contribution in [0.2, 0.25) is 0 Å². The fraction of sp³-hybridized carbons (Fsp3) is 0.364. The van der Waals surface area contributed by atoms with Crippen LogP contribution in [-0.4, -0.2) is 43.3 Å². The molecule has 2 aromatic rings. The lowest BCUT2D eigenvalue weighted by molar-refractivity contribution is -0.124. The van der Waals surface area contributed by atoms with E-state index >= 15 is 0 Å². The van der Waals surface area contributed by atoms with E-state index < -0.39 is 5.97 Å². The van der Waals surface area contributed by atoms with E-state index in [1.54, 1.807) is 24.3 Å². The Morgan fingerprint density at radius 3 is 2.43 bits per heavy atom. The third-order valence-electron chi connectivity index (χ3n) is 5.23. The van der Waals surface area contributed by atoms with Crippen molar-refractivity contribution in [3.05, 3.63) is 65.7 Å². The van der Waals surface area contributed by atoms with Crippen molar-refractivity contribution >= 4 is 17.6 Å². The lowest BCUT2D eigenvalue weighted by Gasteiger charge is -2.42. The first-order valence-electron chi connectivity index (χ1n) is 9.58. The fourth-order valence-electron chi connectivity index (χ4n) is 3.50. The third kappa shape index (κ3) is 4.70. The first kappa shape index (κ1) is 19.9. The Labute approximate surface area is 164 Å². The molecule has 0 saturated heterocycles. The molecular formula is C22H26N2O4. The number of ether oxygens (including phenoxy) is 1. The van der Waals surface area contributed by atoms with Gasteiger partial charge < -0.3 is 20.5 Å². The molecule has 0 atom stereocenters. The summed E-state index contributed by atoms with van der Waals surface area (Å²) in [6, 6.07) is 17.1. The van der Waals surface area contributed by atoms with Crippen LogP contribution >= 0.6 is 0 Å². The van der Waals surface area contributed by atoms with Crippen LogP contribution in [0.15, 0.2) is 54.6 Å². The number of anilines is 1. The van der Waals surface area contributed by atoms with Gasteiger partial charge in [0.25, 0.3) is 5.91 Å². The van der Waals surface area contributed by atoms with Crippen molar-refractivity contribution in [2.45, 2.75) is 24.7 Å². The molecule has 0 radical (unpaired) electrons. The molecule has 0 unspecified atom stereocenters. The molecule has 1 aliphatic rings. The Morgan fingerprint density at radius 1 is 1.04 bits per heavy atom. The maximum Gasteiger partial charge on any atom is 0.340 e. The Kier molecular flexibility index (Phi) is 6.66. The van der Waals surface area contributed by atoms with Crippen LogP contribution in [0.1, 0.15) is 35.2 Å². The normalized spacial score (nSPS) is 14.6. The van der Waals surface area contributed by atoms with Crippen LogP contribution in [0.3, 0.4) is 0 Å². The Bertz CT molecular complexity index is 803. The number of aliphatic hydroxyl groups excluding tert-OH is 1. The molecule has 6 nitrogen and oxygen atoms in total. The van der Waals surface area contributed by atoms with Gasteiger partial charge in [0.15, 0.2) is 6.61 Å². The molecule has 2 aromatic carbocycles. The van der Waals surface area contributed by atoms with E-state index in [1.165, 1.54) is 5.56 Å². The topological polar surface area (TPSA) is 87.7 Å². The van der Waals surface area contributed by atoms with Crippen molar-refractivity contribution in [3.63, 3.8) is 0 Å². The Balaban J connectivity index is 1.51. The predicted octanol–water partition coefficient (Wildman–Crippen LogP) is 2.49. The molecule has 3 rings (SSSR count). The lowest BCUT2D eigenvalue weighted by atomic mass is 9.64. The van der Waals surface area contributed by atoms with Crippen LogP contribution in [0.5, 0.6) is 0 Å². The van der Waals surface area contributed by atoms with Crippen molar-refractivity contribution in [3.8, 4) is 0 Å². The molecule has 148 valence electrons. The first-order valence-corrected chi connectivity index (χ1v) is 9.58. The molecule has 1 aliphatic carbocycles. The molecule has 0 spiro atoms. The second-order valence-electron chi connectivity index (χ2n) is 7.05. The Morgan fingerprint density at radius 2 is 1.75 bits per heavy atom. The van der Waals surface area contributed by atoms with Gasteiger partial charge in [-0.2, -0.15) is 0 Å². The van der Waals surface area contributed by atoms with Gasteiger partial charge in [-0.05, 0) is 30.5 Å². The van der Waals surface area contributed by atoms with Gasteiger partial charge in [-0.25, -0.2) is 4.79 Å². The molecule has 3 N–H and O–H groups in total. The summed E-state index contributed by atoms with van der Waals surface area (Å²) >= 11 is 0. The standard InChI is InChI=1S/C22H26N2O4/c25-14-13-23-19-10-5-4-9-18(19)21(27)28-15-20(26)24-16-22(11-6-12-22)17-7-2-1-3-8-17/h1-5,7-10,23,25H,6,11-16H2,(H,24,26). The molecule has 1 saturated carbocycles. The minimum Gasteiger partial charge on any atom is -0.452 e. The molecule has 28 heavy (non-hydrogen) atoms. The van der Waals surface area contributed by atoms with Crippen molar-refractivity contribution in [2.75, 3.05) is 31.6 Å². The zero-order chi connectivity index (χ0) is 19.8. The SMILES string of the molecule is O=C(COC(=O)c1ccccc1NCCO)NCC1(c2ccccc2)CCC1. The molecule has 6 heteroatoms. The highest BCUT2D eigenvalue weighted by atomic mass is 16.5. The van der Waals surface area contributed by atoms with Crippen LogP contribution in [0.25, 0.3) is 0 Å². The molecule has 1 fully saturated rings. The lowest BCUT2D eigenvalue weighted by Crippen LogP contribution is -2.46. The van der Waals surface area contributed by atoms with Gasteiger partial charge >= 0.3 is 5.97 Å². The average molecular weight is 382 g/mol. The number of hydrogen-bond acceptors (Lipinski definition) is 5. The zero-order valence-corrected chi connectivity index (χ0v) is 15.8. The van der Waals surface area contributed by atoms with E-state index in [0.717, 1.165) is 19.3 Å². The van der Waals surface area contributed by atoms with Crippen LogP contribution in [0.4, 0.5) is 5.69 Å². The van der Waals surface area contributed by atoms with Crippen LogP contribution in [0, 0.1) is 0 Å². The van der Waals surface area contributed by atoms with Crippen molar-refractivity contribution in [1.82, 2.24) is 5.32 Å². The number of rotatable bonds is 9. The summed E-state index contributed by atoms with van der Waals surface area (Å²) in [6.07, 6.45) is 3.24. The molecule has 1 amide bonds. The van der Waals surface area contributed by atoms with Gasteiger partial charge in [0.2, 0.25) is 0 Å². The zero-order valence-electron chi connectivity index (χ0n) is 15.8. The molecule has 0 bridgehead atoms. The van der Waals surface area contributed by atoms with Gasteiger partial charge in [-0.15, -0.1) is 0 Å². The second kappa shape index (κ2) is 9.37. The van der Waals surface area contributed by atoms with E-state index in [0.29, 0.717) is 24.3 Å². The number of carbonyl (C=O) groups is 2. The summed E-state index contributed by atoms with van der Waals surface area (Å²) in [5, 5.41) is 14.8. The number of aliphatic hydroxyl groups is 1. The average Bonchev–Trinajstić information content (AvgIpc) is 2.70. The largest absolute Gasteiger partial charge is 0.452 e. The summed E-state index contributed by atoms with van der Waals surface area (Å²) in [5.41, 5.74) is 2.13. The monoisotopic (exact) mass is 382 g/mol. The van der Waals surface area contributed by atoms with Crippen LogP contribution in [-0.2, 0) is 14.9 Å². The minimum atomic E-state index is -0.572. The number of para-hydroxylation sites is 1. The van der Waals surface area contributed by atoms with Gasteiger partial charge in [0.1, 0.15) is 0 Å². The summed E-state index contributed by atoms with van der Waals surface area (Å²) in [7, 11) is 0. The van der Waals surface area contributed by atoms with Gasteiger partial charge in [-0.3, -0.25) is 4.79 Å².